The molecule has 10 N–H and O–H groups in total. The van der Waals surface area contributed by atoms with E-state index in [-0.39, 0.29) is 82.7 Å². The minimum Gasteiger partial charge on any atom is -0.480 e. The van der Waals surface area contributed by atoms with Crippen molar-refractivity contribution in [2.24, 2.45) is 29.4 Å². The highest BCUT2D eigenvalue weighted by Gasteiger charge is 2.50. The Kier molecular flexibility index (Phi) is 24.2. The van der Waals surface area contributed by atoms with E-state index in [2.05, 4.69) is 46.5 Å². The third-order valence-corrected chi connectivity index (χ3v) is 19.0. The molecule has 8 rings (SSSR count). The van der Waals surface area contributed by atoms with Crippen LogP contribution < -0.4 is 32.3 Å². The van der Waals surface area contributed by atoms with E-state index in [4.69, 9.17) is 5.73 Å². The standard InChI is InChI=1S/C64H98N16O13/c1-35(2)27-43(71-53(81)41(65)29-39-31-66-33-68-39)58(86)77-23-11-17-47(77)62(90)79-25-13-19-49(79)60(88)75-21-9-15-45(75)55(83)73-51(37(5)6)57(85)70-42(30-40-32-67-34-69-40)54(82)72-44(28-36(3)4)59(87)78-24-12-18-48(78)63(91)80-26-14-20-50(80)61(89)76-22-10-16-46(76)56(84)74-52(38(7)8)64(92)93/h31-38,41-52H,9-30,65H2,1-8H3,(H,66,68)(H,67,69)(H,70,85)(H,71,81)(H,72,82)(H,73,83)(H,74,84)(H,92,93)/t41-,42-,43-,44-,45-,46-,47-,48-,49-,50-,51-,52-/m0/s1. The van der Waals surface area contributed by atoms with Gasteiger partial charge in [0.15, 0.2) is 0 Å². The zero-order valence-electron chi connectivity index (χ0n) is 55.1. The highest BCUT2D eigenvalue weighted by molar-refractivity contribution is 6.00. The third-order valence-electron chi connectivity index (χ3n) is 19.0. The van der Waals surface area contributed by atoms with Crippen molar-refractivity contribution in [1.29, 1.82) is 0 Å². The summed E-state index contributed by atoms with van der Waals surface area (Å²) in [4.78, 5) is 193. The molecule has 0 bridgehead atoms. The Hall–Kier alpha value is -7.98. The van der Waals surface area contributed by atoms with E-state index < -0.39 is 149 Å². The molecular formula is C64H98N16O13. The Morgan fingerprint density at radius 2 is 0.785 bits per heavy atom. The van der Waals surface area contributed by atoms with Crippen LogP contribution >= 0.6 is 0 Å². The van der Waals surface area contributed by atoms with Crippen LogP contribution in [0.5, 0.6) is 0 Å². The van der Waals surface area contributed by atoms with E-state index in [1.165, 1.54) is 48.3 Å². The molecule has 0 aliphatic carbocycles. The Morgan fingerprint density at radius 1 is 0.452 bits per heavy atom. The van der Waals surface area contributed by atoms with Crippen molar-refractivity contribution in [2.75, 3.05) is 39.3 Å². The minimum absolute atomic E-state index is 0.00343. The Bertz CT molecular complexity index is 3010. The molecule has 8 heterocycles. The lowest BCUT2D eigenvalue weighted by Crippen LogP contribution is -2.61. The molecule has 12 atom stereocenters. The average Bonchev–Trinajstić information content (AvgIpc) is 1.69. The molecule has 6 fully saturated rings. The van der Waals surface area contributed by atoms with Crippen molar-refractivity contribution in [2.45, 2.75) is 231 Å². The number of rotatable bonds is 27. The van der Waals surface area contributed by atoms with Crippen LogP contribution in [0.25, 0.3) is 0 Å². The fraction of sp³-hybridized carbons (Fsp3) is 0.719. The first-order valence-electron chi connectivity index (χ1n) is 33.5. The summed E-state index contributed by atoms with van der Waals surface area (Å²) in [6.45, 7) is 15.9. The summed E-state index contributed by atoms with van der Waals surface area (Å²) in [5.74, 6) is -7.95. The quantitative estimate of drug-likeness (QED) is 0.0573. The number of aromatic amines is 2. The number of imidazole rings is 2. The molecule has 512 valence electrons. The van der Waals surface area contributed by atoms with Crippen molar-refractivity contribution in [1.82, 2.24) is 75.9 Å². The van der Waals surface area contributed by atoms with E-state index in [0.717, 1.165) is 0 Å². The van der Waals surface area contributed by atoms with Crippen molar-refractivity contribution in [3.8, 4) is 0 Å². The summed E-state index contributed by atoms with van der Waals surface area (Å²) < 4.78 is 0. The van der Waals surface area contributed by atoms with Gasteiger partial charge >= 0.3 is 5.97 Å². The lowest BCUT2D eigenvalue weighted by atomic mass is 9.99. The number of aromatic nitrogens is 4. The van der Waals surface area contributed by atoms with E-state index in [1.54, 1.807) is 33.9 Å². The van der Waals surface area contributed by atoms with Crippen LogP contribution in [0.4, 0.5) is 0 Å². The van der Waals surface area contributed by atoms with Gasteiger partial charge in [-0.3, -0.25) is 52.7 Å². The van der Waals surface area contributed by atoms with Gasteiger partial charge in [0.1, 0.15) is 66.5 Å². The maximum absolute atomic E-state index is 14.9. The van der Waals surface area contributed by atoms with Crippen molar-refractivity contribution >= 4 is 70.9 Å². The molecule has 93 heavy (non-hydrogen) atoms. The molecule has 0 spiro atoms. The SMILES string of the molecule is CC(C)C[C@H](NC(=O)[C@H](Cc1cnc[nH]1)NC(=O)[C@@H](NC(=O)[C@@H]1CCCN1C(=O)[C@@H]1CCCN1C(=O)[C@@H]1CCCN1C(=O)[C@H](CC(C)C)NC(=O)[C@@H](N)Cc1cnc[nH]1)C(C)C)C(=O)N1CCC[C@H]1C(=O)N1CCC[C@H]1C(=O)N1CCC[C@H]1C(=O)N[C@H](C(=O)O)C(C)C. The smallest absolute Gasteiger partial charge is 0.326 e. The summed E-state index contributed by atoms with van der Waals surface area (Å²) >= 11 is 0. The van der Waals surface area contributed by atoms with Crippen LogP contribution in [0.1, 0.15) is 157 Å². The van der Waals surface area contributed by atoms with Crippen molar-refractivity contribution in [3.05, 3.63) is 36.4 Å². The Morgan fingerprint density at radius 3 is 1.15 bits per heavy atom. The van der Waals surface area contributed by atoms with Crippen LogP contribution in [0.15, 0.2) is 25.0 Å². The third kappa shape index (κ3) is 17.1. The van der Waals surface area contributed by atoms with Crippen LogP contribution in [-0.2, 0) is 70.4 Å². The molecule has 2 aromatic heterocycles. The number of carbonyl (C=O) groups excluding carboxylic acids is 11. The molecule has 11 amide bonds. The lowest BCUT2D eigenvalue weighted by molar-refractivity contribution is -0.151. The number of nitrogens with two attached hydrogens (primary N) is 1. The average molecular weight is 1300 g/mol. The second-order valence-electron chi connectivity index (χ2n) is 27.5. The van der Waals surface area contributed by atoms with Crippen molar-refractivity contribution in [3.63, 3.8) is 0 Å². The molecule has 6 aliphatic rings. The highest BCUT2D eigenvalue weighted by Crippen LogP contribution is 2.32. The second kappa shape index (κ2) is 31.8. The van der Waals surface area contributed by atoms with Gasteiger partial charge in [0, 0.05) is 75.9 Å². The molecule has 6 aliphatic heterocycles. The summed E-state index contributed by atoms with van der Waals surface area (Å²) in [6, 6.07) is -12.3. The van der Waals surface area contributed by atoms with Crippen molar-refractivity contribution < 1.29 is 62.6 Å². The van der Waals surface area contributed by atoms with Gasteiger partial charge in [-0.05, 0) is 114 Å². The number of carboxylic acid groups (broad SMARTS) is 1. The number of amides is 11. The van der Waals surface area contributed by atoms with Gasteiger partial charge in [-0.15, -0.1) is 0 Å². The van der Waals surface area contributed by atoms with Gasteiger partial charge in [0.25, 0.3) is 0 Å². The zero-order valence-corrected chi connectivity index (χ0v) is 55.1. The molecule has 0 saturated carbocycles. The largest absolute Gasteiger partial charge is 0.480 e. The lowest BCUT2D eigenvalue weighted by Gasteiger charge is -2.35. The first-order valence-corrected chi connectivity index (χ1v) is 33.5. The second-order valence-corrected chi connectivity index (χ2v) is 27.5. The maximum atomic E-state index is 14.9. The van der Waals surface area contributed by atoms with Crippen LogP contribution in [0.3, 0.4) is 0 Å². The maximum Gasteiger partial charge on any atom is 0.326 e. The van der Waals surface area contributed by atoms with Gasteiger partial charge in [-0.25, -0.2) is 14.8 Å². The first-order chi connectivity index (χ1) is 44.2. The summed E-state index contributed by atoms with van der Waals surface area (Å²) in [5.41, 5.74) is 7.38. The Balaban J connectivity index is 0.906. The molecule has 6 saturated heterocycles. The highest BCUT2D eigenvalue weighted by atomic mass is 16.4. The van der Waals surface area contributed by atoms with E-state index in [0.29, 0.717) is 88.4 Å². The minimum atomic E-state index is -1.32. The number of carboxylic acids is 1. The molecule has 0 aromatic carbocycles. The Labute approximate surface area is 543 Å². The molecule has 0 radical (unpaired) electrons. The van der Waals surface area contributed by atoms with E-state index >= 15 is 0 Å². The molecule has 2 aromatic rings. The molecule has 29 heteroatoms. The number of hydrogen-bond acceptors (Lipinski definition) is 15. The summed E-state index contributed by atoms with van der Waals surface area (Å²) in [5, 5.41) is 23.8. The monoisotopic (exact) mass is 1300 g/mol. The molecule has 29 nitrogen and oxygen atoms in total. The van der Waals surface area contributed by atoms with Crippen LogP contribution in [0.2, 0.25) is 0 Å². The number of hydrogen-bond donors (Lipinski definition) is 9. The number of aliphatic carboxylic acids is 1. The number of likely N-dealkylation sites (tertiary alicyclic amines) is 6. The van der Waals surface area contributed by atoms with Gasteiger partial charge < -0.3 is 76.8 Å². The van der Waals surface area contributed by atoms with Crippen LogP contribution in [-0.4, -0.2) is 237 Å². The van der Waals surface area contributed by atoms with E-state index in [1.807, 2.05) is 27.7 Å². The fourth-order valence-electron chi connectivity index (χ4n) is 14.2. The predicted octanol–water partition coefficient (Wildman–Crippen LogP) is 0.104. The number of nitrogens with zero attached hydrogens (tertiary/aromatic N) is 8. The van der Waals surface area contributed by atoms with Gasteiger partial charge in [-0.2, -0.15) is 0 Å². The summed E-state index contributed by atoms with van der Waals surface area (Å²) in [7, 11) is 0. The van der Waals surface area contributed by atoms with E-state index in [9.17, 15) is 62.6 Å². The number of nitrogens with one attached hydrogen (secondary N) is 7. The normalized spacial score (nSPS) is 23.5. The zero-order chi connectivity index (χ0) is 67.5. The van der Waals surface area contributed by atoms with Crippen LogP contribution in [0, 0.1) is 23.7 Å². The van der Waals surface area contributed by atoms with Gasteiger partial charge in [0.05, 0.1) is 18.7 Å². The number of H-pyrrole nitrogens is 2. The van der Waals surface area contributed by atoms with Gasteiger partial charge in [-0.1, -0.05) is 55.4 Å². The fourth-order valence-corrected chi connectivity index (χ4v) is 14.2. The number of carbonyl (C=O) groups is 12. The first kappa shape index (κ1) is 70.9. The summed E-state index contributed by atoms with van der Waals surface area (Å²) in [6.07, 6.45) is 11.4. The topological polar surface area (TPSA) is 388 Å². The van der Waals surface area contributed by atoms with Gasteiger partial charge in [0.2, 0.25) is 65.0 Å². The molecular weight excluding hydrogens is 1200 g/mol. The molecule has 0 unspecified atom stereocenters. The predicted molar refractivity (Wildman–Crippen MR) is 337 cm³/mol.